The van der Waals surface area contributed by atoms with Crippen molar-refractivity contribution in [1.29, 1.82) is 0 Å². The summed E-state index contributed by atoms with van der Waals surface area (Å²) in [7, 11) is 0. The molecular formula is C18H11N3O2S. The van der Waals surface area contributed by atoms with Crippen LogP contribution >= 0.6 is 11.8 Å². The molecule has 0 spiro atoms. The van der Waals surface area contributed by atoms with Crippen LogP contribution in [0.5, 0.6) is 0 Å². The second kappa shape index (κ2) is 5.90. The lowest BCUT2D eigenvalue weighted by molar-refractivity contribution is -0.107. The van der Waals surface area contributed by atoms with Gasteiger partial charge in [-0.2, -0.15) is 0 Å². The number of aromatic nitrogens is 2. The second-order valence-electron chi connectivity index (χ2n) is 5.23. The number of carbonyl (C=O) groups is 2. The molecule has 1 amide bonds. The smallest absolute Gasteiger partial charge is 0.291 e. The Morgan fingerprint density at radius 1 is 1.00 bits per heavy atom. The monoisotopic (exact) mass is 333 g/mol. The molecule has 1 aliphatic rings. The Hall–Kier alpha value is -2.99. The Kier molecular flexibility index (Phi) is 3.59. The van der Waals surface area contributed by atoms with Crippen molar-refractivity contribution in [3.63, 3.8) is 0 Å². The lowest BCUT2D eigenvalue weighted by Crippen LogP contribution is -2.10. The number of pyridine rings is 2. The second-order valence-corrected chi connectivity index (χ2v) is 6.18. The van der Waals surface area contributed by atoms with Gasteiger partial charge in [0.05, 0.1) is 11.2 Å². The Labute approximate surface area is 141 Å². The molecule has 3 heterocycles. The third kappa shape index (κ3) is 2.68. The van der Waals surface area contributed by atoms with E-state index >= 15 is 0 Å². The molecule has 0 unspecified atom stereocenters. The molecular weight excluding hydrogens is 322 g/mol. The number of hydrogen-bond donors (Lipinski definition) is 1. The highest BCUT2D eigenvalue weighted by molar-refractivity contribution is 8.27. The van der Waals surface area contributed by atoms with Gasteiger partial charge in [-0.3, -0.25) is 19.6 Å². The van der Waals surface area contributed by atoms with Gasteiger partial charge in [0.1, 0.15) is 0 Å². The summed E-state index contributed by atoms with van der Waals surface area (Å²) in [5, 5.41) is 2.93. The summed E-state index contributed by atoms with van der Waals surface area (Å²) in [4.78, 5) is 31.5. The van der Waals surface area contributed by atoms with Crippen molar-refractivity contribution in [2.24, 2.45) is 0 Å². The van der Waals surface area contributed by atoms with Crippen molar-refractivity contribution in [2.45, 2.75) is 0 Å². The van der Waals surface area contributed by atoms with E-state index in [-0.39, 0.29) is 10.4 Å². The van der Waals surface area contributed by atoms with Gasteiger partial charge in [-0.1, -0.05) is 6.07 Å². The van der Waals surface area contributed by atoms with Crippen LogP contribution in [0.3, 0.4) is 0 Å². The molecule has 1 N–H and O–H groups in total. The van der Waals surface area contributed by atoms with Gasteiger partial charge in [0.2, 0.25) is 5.12 Å². The third-order valence-electron chi connectivity index (χ3n) is 3.71. The molecule has 3 aromatic rings. The van der Waals surface area contributed by atoms with E-state index in [1.54, 1.807) is 24.7 Å². The molecule has 0 atom stereocenters. The molecule has 116 valence electrons. The number of nitrogens with zero attached hydrogens (tertiary/aromatic N) is 2. The molecule has 1 aliphatic heterocycles. The van der Waals surface area contributed by atoms with Crippen molar-refractivity contribution in [3.8, 4) is 11.1 Å². The van der Waals surface area contributed by atoms with Crippen LogP contribution < -0.4 is 5.32 Å². The van der Waals surface area contributed by atoms with E-state index in [2.05, 4.69) is 15.3 Å². The van der Waals surface area contributed by atoms with Gasteiger partial charge in [0.25, 0.3) is 5.24 Å². The number of fused-ring (bicyclic) bond motifs is 1. The molecule has 0 radical (unpaired) electrons. The summed E-state index contributed by atoms with van der Waals surface area (Å²) in [6.45, 7) is 0. The van der Waals surface area contributed by atoms with Gasteiger partial charge >= 0.3 is 0 Å². The maximum Gasteiger partial charge on any atom is 0.291 e. The van der Waals surface area contributed by atoms with Crippen LogP contribution in [-0.2, 0) is 4.79 Å². The SMILES string of the molecule is O=C1NC(=Cc2ccc3nccc(-c4ccncc4)c3c2)C(=O)S1. The summed E-state index contributed by atoms with van der Waals surface area (Å²) in [6, 6.07) is 11.6. The fourth-order valence-electron chi connectivity index (χ4n) is 2.62. The number of amides is 1. The van der Waals surface area contributed by atoms with Crippen molar-refractivity contribution < 1.29 is 9.59 Å². The first-order chi connectivity index (χ1) is 11.7. The molecule has 24 heavy (non-hydrogen) atoms. The molecule has 0 saturated carbocycles. The zero-order chi connectivity index (χ0) is 16.5. The number of thioether (sulfide) groups is 1. The molecule has 0 aliphatic carbocycles. The van der Waals surface area contributed by atoms with Crippen molar-refractivity contribution in [2.75, 3.05) is 0 Å². The molecule has 1 fully saturated rings. The van der Waals surface area contributed by atoms with Crippen LogP contribution in [0.25, 0.3) is 28.1 Å². The van der Waals surface area contributed by atoms with E-state index in [4.69, 9.17) is 0 Å². The van der Waals surface area contributed by atoms with Crippen molar-refractivity contribution in [3.05, 3.63) is 66.2 Å². The average molecular weight is 333 g/mol. The molecule has 1 saturated heterocycles. The largest absolute Gasteiger partial charge is 0.313 e. The van der Waals surface area contributed by atoms with Crippen LogP contribution in [0.4, 0.5) is 4.79 Å². The summed E-state index contributed by atoms with van der Waals surface area (Å²) in [6.07, 6.45) is 6.95. The van der Waals surface area contributed by atoms with Gasteiger partial charge in [-0.05, 0) is 53.1 Å². The normalized spacial score (nSPS) is 15.9. The van der Waals surface area contributed by atoms with E-state index in [0.29, 0.717) is 17.5 Å². The Bertz CT molecular complexity index is 1000. The first-order valence-corrected chi connectivity index (χ1v) is 8.06. The van der Waals surface area contributed by atoms with Gasteiger partial charge < -0.3 is 5.32 Å². The van der Waals surface area contributed by atoms with Crippen LogP contribution in [0.15, 0.2) is 60.7 Å². The summed E-state index contributed by atoms with van der Waals surface area (Å²) in [5.41, 5.74) is 4.08. The topological polar surface area (TPSA) is 72.0 Å². The zero-order valence-electron chi connectivity index (χ0n) is 12.4. The van der Waals surface area contributed by atoms with Crippen molar-refractivity contribution >= 4 is 39.1 Å². The number of benzene rings is 1. The Morgan fingerprint density at radius 3 is 2.58 bits per heavy atom. The molecule has 1 aromatic carbocycles. The first kappa shape index (κ1) is 14.6. The first-order valence-electron chi connectivity index (χ1n) is 7.25. The minimum Gasteiger partial charge on any atom is -0.313 e. The van der Waals surface area contributed by atoms with E-state index in [0.717, 1.165) is 27.6 Å². The quantitative estimate of drug-likeness (QED) is 0.725. The average Bonchev–Trinajstić information content (AvgIpc) is 2.92. The van der Waals surface area contributed by atoms with Crippen molar-refractivity contribution in [1.82, 2.24) is 15.3 Å². The summed E-state index contributed by atoms with van der Waals surface area (Å²) >= 11 is 0.675. The number of rotatable bonds is 2. The predicted octanol–water partition coefficient (Wildman–Crippen LogP) is 3.62. The van der Waals surface area contributed by atoms with Crippen LogP contribution in [0.2, 0.25) is 0 Å². The Morgan fingerprint density at radius 2 is 1.83 bits per heavy atom. The standard InChI is InChI=1S/C18H11N3O2S/c22-17-16(21-18(23)24-17)10-11-1-2-15-14(9-11)13(5-8-20-15)12-3-6-19-7-4-12/h1-10H,(H,21,23). The fraction of sp³-hybridized carbons (Fsp3) is 0. The Balaban J connectivity index is 1.85. The van der Waals surface area contributed by atoms with Gasteiger partial charge in [0, 0.05) is 35.7 Å². The van der Waals surface area contributed by atoms with E-state index in [1.807, 2.05) is 36.4 Å². The summed E-state index contributed by atoms with van der Waals surface area (Å²) < 4.78 is 0. The van der Waals surface area contributed by atoms with Crippen LogP contribution in [-0.4, -0.2) is 20.3 Å². The maximum atomic E-state index is 11.7. The third-order valence-corrected chi connectivity index (χ3v) is 4.40. The molecule has 4 rings (SSSR count). The molecule has 5 nitrogen and oxygen atoms in total. The highest BCUT2D eigenvalue weighted by atomic mass is 32.2. The number of nitrogens with one attached hydrogen (secondary N) is 1. The highest BCUT2D eigenvalue weighted by Crippen LogP contribution is 2.29. The molecule has 0 bridgehead atoms. The lowest BCUT2D eigenvalue weighted by atomic mass is 10.0. The van der Waals surface area contributed by atoms with Gasteiger partial charge in [-0.15, -0.1) is 0 Å². The number of carbonyl (C=O) groups excluding carboxylic acids is 2. The maximum absolute atomic E-state index is 11.7. The highest BCUT2D eigenvalue weighted by Gasteiger charge is 2.25. The minimum absolute atomic E-state index is 0.263. The fourth-order valence-corrected chi connectivity index (χ4v) is 3.17. The molecule has 2 aromatic heterocycles. The van der Waals surface area contributed by atoms with E-state index in [9.17, 15) is 9.59 Å². The lowest BCUT2D eigenvalue weighted by Gasteiger charge is -2.07. The van der Waals surface area contributed by atoms with E-state index in [1.165, 1.54) is 0 Å². The minimum atomic E-state index is -0.341. The molecule has 6 heteroatoms. The van der Waals surface area contributed by atoms with Gasteiger partial charge in [0.15, 0.2) is 0 Å². The van der Waals surface area contributed by atoms with Gasteiger partial charge in [-0.25, -0.2) is 0 Å². The summed E-state index contributed by atoms with van der Waals surface area (Å²) in [5.74, 6) is 0. The zero-order valence-corrected chi connectivity index (χ0v) is 13.2. The van der Waals surface area contributed by atoms with E-state index < -0.39 is 0 Å². The number of hydrogen-bond acceptors (Lipinski definition) is 5. The van der Waals surface area contributed by atoms with Crippen LogP contribution in [0, 0.1) is 0 Å². The predicted molar refractivity (Wildman–Crippen MR) is 94.1 cm³/mol. The van der Waals surface area contributed by atoms with Crippen LogP contribution in [0.1, 0.15) is 5.56 Å².